The largest absolute Gasteiger partial charge is 0.459 e. The van der Waals surface area contributed by atoms with Gasteiger partial charge in [-0.2, -0.15) is 0 Å². The van der Waals surface area contributed by atoms with Gasteiger partial charge in [-0.25, -0.2) is 4.98 Å². The van der Waals surface area contributed by atoms with Crippen molar-refractivity contribution in [3.8, 4) is 0 Å². The van der Waals surface area contributed by atoms with E-state index in [9.17, 15) is 14.4 Å². The van der Waals surface area contributed by atoms with Crippen molar-refractivity contribution in [3.63, 3.8) is 0 Å². The smallest absolute Gasteiger partial charge is 0.293 e. The normalized spacial score (nSPS) is 11.0. The number of thioether (sulfide) groups is 1. The second kappa shape index (κ2) is 8.91. The van der Waals surface area contributed by atoms with E-state index >= 15 is 0 Å². The SMILES string of the molecule is Cc1sc2nc(SCC(=O)NC(=O)c3ccco3)n(Cc3ccccc3)c(=O)c2c1C. The summed E-state index contributed by atoms with van der Waals surface area (Å²) in [6.45, 7) is 4.22. The van der Waals surface area contributed by atoms with Crippen molar-refractivity contribution in [3.05, 3.63) is 80.8 Å². The lowest BCUT2D eigenvalue weighted by Crippen LogP contribution is -2.32. The van der Waals surface area contributed by atoms with Gasteiger partial charge in [0.2, 0.25) is 5.91 Å². The number of aryl methyl sites for hydroxylation is 2. The standard InChI is InChI=1S/C22H19N3O4S2/c1-13-14(2)31-20-18(13)21(28)25(11-15-7-4-3-5-8-15)22(24-20)30-12-17(26)23-19(27)16-9-6-10-29-16/h3-10H,11-12H2,1-2H3,(H,23,26,27). The molecule has 158 valence electrons. The van der Waals surface area contributed by atoms with Crippen LogP contribution in [0.5, 0.6) is 0 Å². The van der Waals surface area contributed by atoms with E-state index in [2.05, 4.69) is 10.3 Å². The highest BCUT2D eigenvalue weighted by Gasteiger charge is 2.19. The fourth-order valence-electron chi connectivity index (χ4n) is 3.09. The molecule has 9 heteroatoms. The highest BCUT2D eigenvalue weighted by Crippen LogP contribution is 2.28. The predicted octanol–water partition coefficient (Wildman–Crippen LogP) is 3.76. The summed E-state index contributed by atoms with van der Waals surface area (Å²) in [7, 11) is 0. The number of fused-ring (bicyclic) bond motifs is 1. The van der Waals surface area contributed by atoms with Gasteiger partial charge in [-0.05, 0) is 37.1 Å². The Balaban J connectivity index is 1.62. The molecule has 1 N–H and O–H groups in total. The fraction of sp³-hybridized carbons (Fsp3) is 0.182. The lowest BCUT2D eigenvalue weighted by atomic mass is 10.2. The van der Waals surface area contributed by atoms with Gasteiger partial charge in [0.05, 0.1) is 23.9 Å². The molecule has 4 aromatic rings. The van der Waals surface area contributed by atoms with Crippen LogP contribution in [0.4, 0.5) is 0 Å². The predicted molar refractivity (Wildman–Crippen MR) is 121 cm³/mol. The van der Waals surface area contributed by atoms with E-state index in [0.717, 1.165) is 27.8 Å². The summed E-state index contributed by atoms with van der Waals surface area (Å²) in [5, 5.41) is 3.33. The van der Waals surface area contributed by atoms with Crippen molar-refractivity contribution in [1.29, 1.82) is 0 Å². The number of hydrogen-bond acceptors (Lipinski definition) is 7. The van der Waals surface area contributed by atoms with Gasteiger partial charge in [0.15, 0.2) is 10.9 Å². The summed E-state index contributed by atoms with van der Waals surface area (Å²) in [5.41, 5.74) is 1.75. The van der Waals surface area contributed by atoms with E-state index in [4.69, 9.17) is 4.42 Å². The van der Waals surface area contributed by atoms with Crippen molar-refractivity contribution in [2.75, 3.05) is 5.75 Å². The molecule has 4 rings (SSSR count). The average Bonchev–Trinajstić information content (AvgIpc) is 3.38. The topological polar surface area (TPSA) is 94.2 Å². The van der Waals surface area contributed by atoms with Crippen LogP contribution in [0.3, 0.4) is 0 Å². The molecule has 0 spiro atoms. The van der Waals surface area contributed by atoms with Gasteiger partial charge < -0.3 is 4.42 Å². The minimum absolute atomic E-state index is 0.0587. The molecular formula is C22H19N3O4S2. The van der Waals surface area contributed by atoms with Crippen molar-refractivity contribution in [2.24, 2.45) is 0 Å². The monoisotopic (exact) mass is 453 g/mol. The molecule has 0 atom stereocenters. The first-order valence-corrected chi connectivity index (χ1v) is 11.3. The van der Waals surface area contributed by atoms with Gasteiger partial charge in [-0.3, -0.25) is 24.3 Å². The van der Waals surface area contributed by atoms with E-state index in [-0.39, 0.29) is 17.1 Å². The molecule has 0 fully saturated rings. The summed E-state index contributed by atoms with van der Waals surface area (Å²) in [4.78, 5) is 44.0. The molecule has 7 nitrogen and oxygen atoms in total. The van der Waals surface area contributed by atoms with Crippen LogP contribution in [0.2, 0.25) is 0 Å². The number of rotatable bonds is 6. The van der Waals surface area contributed by atoms with Gasteiger partial charge in [0, 0.05) is 4.88 Å². The second-order valence-electron chi connectivity index (χ2n) is 6.88. The summed E-state index contributed by atoms with van der Waals surface area (Å²) in [6, 6.07) is 12.7. The molecule has 3 heterocycles. The number of thiophene rings is 1. The van der Waals surface area contributed by atoms with Crippen LogP contribution in [-0.2, 0) is 11.3 Å². The highest BCUT2D eigenvalue weighted by atomic mass is 32.2. The molecule has 0 bridgehead atoms. The lowest BCUT2D eigenvalue weighted by Gasteiger charge is -2.12. The van der Waals surface area contributed by atoms with Crippen LogP contribution < -0.4 is 10.9 Å². The quantitative estimate of drug-likeness (QED) is 0.353. The Morgan fingerprint density at radius 1 is 1.16 bits per heavy atom. The van der Waals surface area contributed by atoms with Gasteiger partial charge in [0.1, 0.15) is 4.83 Å². The van der Waals surface area contributed by atoms with Crippen molar-refractivity contribution < 1.29 is 14.0 Å². The number of benzene rings is 1. The van der Waals surface area contributed by atoms with Crippen LogP contribution in [0.1, 0.15) is 26.6 Å². The molecule has 0 unspecified atom stereocenters. The van der Waals surface area contributed by atoms with Crippen LogP contribution >= 0.6 is 23.1 Å². The molecular weight excluding hydrogens is 434 g/mol. The molecule has 2 amide bonds. The number of hydrogen-bond donors (Lipinski definition) is 1. The van der Waals surface area contributed by atoms with Crippen LogP contribution in [-0.4, -0.2) is 27.1 Å². The number of amides is 2. The first-order chi connectivity index (χ1) is 14.9. The average molecular weight is 454 g/mol. The molecule has 3 aromatic heterocycles. The molecule has 0 aliphatic heterocycles. The molecule has 0 radical (unpaired) electrons. The van der Waals surface area contributed by atoms with Crippen molar-refractivity contribution in [2.45, 2.75) is 25.5 Å². The van der Waals surface area contributed by atoms with E-state index in [1.807, 2.05) is 44.2 Å². The third-order valence-electron chi connectivity index (χ3n) is 4.77. The van der Waals surface area contributed by atoms with Gasteiger partial charge in [-0.1, -0.05) is 42.1 Å². The number of carbonyl (C=O) groups excluding carboxylic acids is 2. The van der Waals surface area contributed by atoms with Crippen LogP contribution in [0.15, 0.2) is 63.1 Å². The number of aromatic nitrogens is 2. The van der Waals surface area contributed by atoms with E-state index in [0.29, 0.717) is 21.9 Å². The second-order valence-corrected chi connectivity index (χ2v) is 9.02. The van der Waals surface area contributed by atoms with Crippen molar-refractivity contribution in [1.82, 2.24) is 14.9 Å². The Morgan fingerprint density at radius 2 is 1.94 bits per heavy atom. The van der Waals surface area contributed by atoms with Crippen molar-refractivity contribution >= 4 is 45.1 Å². The molecule has 0 aliphatic rings. The Morgan fingerprint density at radius 3 is 2.65 bits per heavy atom. The maximum atomic E-state index is 13.3. The fourth-order valence-corrected chi connectivity index (χ4v) is 4.96. The number of furan rings is 1. The van der Waals surface area contributed by atoms with E-state index < -0.39 is 11.8 Å². The zero-order chi connectivity index (χ0) is 22.0. The number of nitrogens with one attached hydrogen (secondary N) is 1. The van der Waals surface area contributed by atoms with E-state index in [1.54, 1.807) is 10.6 Å². The molecule has 0 saturated heterocycles. The maximum Gasteiger partial charge on any atom is 0.293 e. The van der Waals surface area contributed by atoms with Crippen LogP contribution in [0.25, 0.3) is 10.2 Å². The first kappa shape index (κ1) is 21.1. The maximum absolute atomic E-state index is 13.3. The molecule has 1 aromatic carbocycles. The first-order valence-electron chi connectivity index (χ1n) is 9.49. The van der Waals surface area contributed by atoms with Gasteiger partial charge in [-0.15, -0.1) is 11.3 Å². The van der Waals surface area contributed by atoms with Gasteiger partial charge in [0.25, 0.3) is 11.5 Å². The summed E-state index contributed by atoms with van der Waals surface area (Å²) in [5.74, 6) is -1.11. The number of imide groups is 1. The minimum Gasteiger partial charge on any atom is -0.459 e. The summed E-state index contributed by atoms with van der Waals surface area (Å²) >= 11 is 2.58. The Labute approximate surface area is 186 Å². The highest BCUT2D eigenvalue weighted by molar-refractivity contribution is 7.99. The number of carbonyl (C=O) groups is 2. The summed E-state index contributed by atoms with van der Waals surface area (Å²) in [6.07, 6.45) is 1.36. The number of nitrogens with zero attached hydrogens (tertiary/aromatic N) is 2. The Bertz CT molecular complexity index is 1310. The molecule has 0 aliphatic carbocycles. The van der Waals surface area contributed by atoms with Crippen LogP contribution in [0, 0.1) is 13.8 Å². The lowest BCUT2D eigenvalue weighted by molar-refractivity contribution is -0.117. The third-order valence-corrected chi connectivity index (χ3v) is 6.85. The zero-order valence-electron chi connectivity index (χ0n) is 16.9. The molecule has 31 heavy (non-hydrogen) atoms. The zero-order valence-corrected chi connectivity index (χ0v) is 18.5. The van der Waals surface area contributed by atoms with E-state index in [1.165, 1.54) is 23.7 Å². The van der Waals surface area contributed by atoms with Gasteiger partial charge >= 0.3 is 0 Å². The molecule has 0 saturated carbocycles. The third kappa shape index (κ3) is 4.47. The minimum atomic E-state index is -0.606. The Hall–Kier alpha value is -3.17. The summed E-state index contributed by atoms with van der Waals surface area (Å²) < 4.78 is 6.58. The Kier molecular flexibility index (Phi) is 6.06.